The summed E-state index contributed by atoms with van der Waals surface area (Å²) < 4.78 is 11.2. The number of ether oxygens (including phenoxy) is 2. The number of likely N-dealkylation sites (tertiary alicyclic amines) is 1. The molecular weight excluding hydrogens is 412 g/mol. The Labute approximate surface area is 187 Å². The van der Waals surface area contributed by atoms with Gasteiger partial charge in [-0.3, -0.25) is 9.69 Å². The molecule has 2 fully saturated rings. The van der Waals surface area contributed by atoms with Crippen LogP contribution in [0.25, 0.3) is 0 Å². The van der Waals surface area contributed by atoms with E-state index in [-0.39, 0.29) is 30.2 Å². The number of hydrogen-bond donors (Lipinski definition) is 0. The molecule has 2 aromatic rings. The molecule has 0 spiro atoms. The predicted molar refractivity (Wildman–Crippen MR) is 121 cm³/mol. The largest absolute Gasteiger partial charge is 0.496 e. The molecule has 0 aliphatic carbocycles. The highest BCUT2D eigenvalue weighted by Crippen LogP contribution is 2.36. The van der Waals surface area contributed by atoms with Crippen molar-refractivity contribution in [1.82, 2.24) is 9.80 Å². The number of carbonyl (C=O) groups excluding carboxylic acids is 2. The first-order chi connectivity index (χ1) is 15.0. The Morgan fingerprint density at radius 1 is 1.13 bits per heavy atom. The minimum atomic E-state index is -0.263. The molecule has 164 valence electrons. The van der Waals surface area contributed by atoms with E-state index in [0.29, 0.717) is 24.4 Å². The van der Waals surface area contributed by atoms with Crippen LogP contribution in [0.3, 0.4) is 0 Å². The van der Waals surface area contributed by atoms with E-state index in [2.05, 4.69) is 0 Å². The Hall–Kier alpha value is -2.67. The average Bonchev–Trinajstić information content (AvgIpc) is 3.12. The van der Waals surface area contributed by atoms with E-state index in [9.17, 15) is 9.59 Å². The SMILES string of the molecule is COc1cc(SC)ccc1C(=O)N1CCC(N2C(=O)O[C@@H](c3ccccc3)[C@H]2C)CC1. The summed E-state index contributed by atoms with van der Waals surface area (Å²) in [5.74, 6) is 0.573. The molecule has 0 N–H and O–H groups in total. The summed E-state index contributed by atoms with van der Waals surface area (Å²) in [7, 11) is 1.59. The highest BCUT2D eigenvalue weighted by Gasteiger charge is 2.44. The minimum Gasteiger partial charge on any atom is -0.496 e. The Morgan fingerprint density at radius 2 is 1.84 bits per heavy atom. The molecule has 0 aromatic heterocycles. The minimum absolute atomic E-state index is 0.0258. The molecule has 2 aromatic carbocycles. The van der Waals surface area contributed by atoms with E-state index in [1.54, 1.807) is 18.9 Å². The van der Waals surface area contributed by atoms with Crippen LogP contribution in [0.4, 0.5) is 4.79 Å². The van der Waals surface area contributed by atoms with Crippen molar-refractivity contribution in [2.45, 2.75) is 42.8 Å². The van der Waals surface area contributed by atoms with Crippen LogP contribution in [0, 0.1) is 0 Å². The van der Waals surface area contributed by atoms with Crippen LogP contribution in [0.1, 0.15) is 41.8 Å². The van der Waals surface area contributed by atoms with Crippen LogP contribution in [0.2, 0.25) is 0 Å². The molecule has 0 radical (unpaired) electrons. The van der Waals surface area contributed by atoms with Gasteiger partial charge in [-0.05, 0) is 49.8 Å². The lowest BCUT2D eigenvalue weighted by Gasteiger charge is -2.37. The molecule has 2 heterocycles. The third-order valence-electron chi connectivity index (χ3n) is 6.23. The molecule has 0 saturated carbocycles. The van der Waals surface area contributed by atoms with Crippen molar-refractivity contribution in [3.63, 3.8) is 0 Å². The van der Waals surface area contributed by atoms with E-state index in [1.165, 1.54) is 0 Å². The summed E-state index contributed by atoms with van der Waals surface area (Å²) >= 11 is 1.61. The van der Waals surface area contributed by atoms with Crippen molar-refractivity contribution in [3.8, 4) is 5.75 Å². The molecule has 6 nitrogen and oxygen atoms in total. The van der Waals surface area contributed by atoms with Crippen molar-refractivity contribution in [2.75, 3.05) is 26.5 Å². The Bertz CT molecular complexity index is 944. The zero-order chi connectivity index (χ0) is 22.0. The molecule has 2 amide bonds. The number of thioether (sulfide) groups is 1. The molecule has 7 heteroatoms. The summed E-state index contributed by atoms with van der Waals surface area (Å²) in [6.07, 6.45) is 2.94. The zero-order valence-corrected chi connectivity index (χ0v) is 18.9. The number of rotatable bonds is 5. The van der Waals surface area contributed by atoms with Gasteiger partial charge in [0, 0.05) is 24.0 Å². The number of cyclic esters (lactones) is 1. The van der Waals surface area contributed by atoms with Gasteiger partial charge in [-0.2, -0.15) is 0 Å². The van der Waals surface area contributed by atoms with Gasteiger partial charge in [0.05, 0.1) is 18.7 Å². The fourth-order valence-electron chi connectivity index (χ4n) is 4.54. The van der Waals surface area contributed by atoms with E-state index in [0.717, 1.165) is 23.3 Å². The van der Waals surface area contributed by atoms with Crippen LogP contribution in [-0.4, -0.2) is 60.3 Å². The van der Waals surface area contributed by atoms with Crippen LogP contribution >= 0.6 is 11.8 Å². The smallest absolute Gasteiger partial charge is 0.411 e. The van der Waals surface area contributed by atoms with Crippen molar-refractivity contribution in [2.24, 2.45) is 0 Å². The van der Waals surface area contributed by atoms with Gasteiger partial charge in [0.15, 0.2) is 0 Å². The molecule has 0 unspecified atom stereocenters. The lowest BCUT2D eigenvalue weighted by Crippen LogP contribution is -2.49. The maximum Gasteiger partial charge on any atom is 0.411 e. The first kappa shape index (κ1) is 21.6. The first-order valence-corrected chi connectivity index (χ1v) is 11.8. The third-order valence-corrected chi connectivity index (χ3v) is 6.95. The van der Waals surface area contributed by atoms with Gasteiger partial charge in [-0.25, -0.2) is 4.79 Å². The van der Waals surface area contributed by atoms with Crippen LogP contribution < -0.4 is 4.74 Å². The molecule has 2 atom stereocenters. The highest BCUT2D eigenvalue weighted by molar-refractivity contribution is 7.98. The number of nitrogens with zero attached hydrogens (tertiary/aromatic N) is 2. The number of carbonyl (C=O) groups is 2. The molecule has 2 aliphatic rings. The molecule has 4 rings (SSSR count). The Balaban J connectivity index is 1.42. The fraction of sp³-hybridized carbons (Fsp3) is 0.417. The summed E-state index contributed by atoms with van der Waals surface area (Å²) in [6, 6.07) is 15.6. The maximum atomic E-state index is 13.1. The van der Waals surface area contributed by atoms with Gasteiger partial charge >= 0.3 is 6.09 Å². The molecule has 2 aliphatic heterocycles. The Kier molecular flexibility index (Phi) is 6.41. The number of piperidine rings is 1. The van der Waals surface area contributed by atoms with E-state index in [1.807, 2.05) is 71.5 Å². The lowest BCUT2D eigenvalue weighted by molar-refractivity contribution is 0.0637. The number of amides is 2. The standard InChI is InChI=1S/C24H28N2O4S/c1-16-22(17-7-5-4-6-8-17)30-24(28)26(16)18-11-13-25(14-12-18)23(27)20-10-9-19(31-3)15-21(20)29-2/h4-10,15-16,18,22H,11-14H2,1-3H3/t16-,22-/m1/s1. The van der Waals surface area contributed by atoms with Crippen molar-refractivity contribution >= 4 is 23.8 Å². The molecule has 0 bridgehead atoms. The van der Waals surface area contributed by atoms with Gasteiger partial charge in [0.25, 0.3) is 5.91 Å². The van der Waals surface area contributed by atoms with E-state index >= 15 is 0 Å². The van der Waals surface area contributed by atoms with Gasteiger partial charge in [-0.1, -0.05) is 30.3 Å². The second-order valence-electron chi connectivity index (χ2n) is 7.95. The quantitative estimate of drug-likeness (QED) is 0.636. The maximum absolute atomic E-state index is 13.1. The van der Waals surface area contributed by atoms with Gasteiger partial charge < -0.3 is 14.4 Å². The average molecular weight is 441 g/mol. The summed E-state index contributed by atoms with van der Waals surface area (Å²) in [5.41, 5.74) is 1.59. The number of benzene rings is 2. The lowest BCUT2D eigenvalue weighted by atomic mass is 9.98. The molecule has 31 heavy (non-hydrogen) atoms. The van der Waals surface area contributed by atoms with Gasteiger partial charge in [0.2, 0.25) is 0 Å². The second kappa shape index (κ2) is 9.22. The molecular formula is C24H28N2O4S. The fourth-order valence-corrected chi connectivity index (χ4v) is 4.97. The second-order valence-corrected chi connectivity index (χ2v) is 8.83. The summed E-state index contributed by atoms with van der Waals surface area (Å²) in [5, 5.41) is 0. The number of hydrogen-bond acceptors (Lipinski definition) is 5. The zero-order valence-electron chi connectivity index (χ0n) is 18.1. The molecule has 2 saturated heterocycles. The highest BCUT2D eigenvalue weighted by atomic mass is 32.2. The predicted octanol–water partition coefficient (Wildman–Crippen LogP) is 4.60. The van der Waals surface area contributed by atoms with Crippen LogP contribution in [-0.2, 0) is 4.74 Å². The Morgan fingerprint density at radius 3 is 2.48 bits per heavy atom. The number of methoxy groups -OCH3 is 1. The summed E-state index contributed by atoms with van der Waals surface area (Å²) in [6.45, 7) is 3.24. The van der Waals surface area contributed by atoms with Gasteiger partial charge in [0.1, 0.15) is 11.9 Å². The van der Waals surface area contributed by atoms with Crippen LogP contribution in [0.5, 0.6) is 5.75 Å². The van der Waals surface area contributed by atoms with Crippen molar-refractivity contribution in [3.05, 3.63) is 59.7 Å². The first-order valence-electron chi connectivity index (χ1n) is 10.6. The van der Waals surface area contributed by atoms with Crippen LogP contribution in [0.15, 0.2) is 53.4 Å². The van der Waals surface area contributed by atoms with Crippen molar-refractivity contribution in [1.29, 1.82) is 0 Å². The van der Waals surface area contributed by atoms with Gasteiger partial charge in [-0.15, -0.1) is 11.8 Å². The third kappa shape index (κ3) is 4.24. The van der Waals surface area contributed by atoms with Crippen molar-refractivity contribution < 1.29 is 19.1 Å². The van der Waals surface area contributed by atoms with E-state index < -0.39 is 0 Å². The normalized spacial score (nSPS) is 21.8. The summed E-state index contributed by atoms with van der Waals surface area (Å²) in [4.78, 5) is 30.5. The van der Waals surface area contributed by atoms with E-state index in [4.69, 9.17) is 9.47 Å². The monoisotopic (exact) mass is 440 g/mol. The topological polar surface area (TPSA) is 59.1 Å².